The lowest BCUT2D eigenvalue weighted by Gasteiger charge is -2.28. The van der Waals surface area contributed by atoms with Crippen molar-refractivity contribution in [2.45, 2.75) is 44.4 Å². The second-order valence-electron chi connectivity index (χ2n) is 6.11. The van der Waals surface area contributed by atoms with Crippen LogP contribution in [0.5, 0.6) is 5.75 Å². The van der Waals surface area contributed by atoms with Crippen molar-refractivity contribution in [3.05, 3.63) is 59.9 Å². The van der Waals surface area contributed by atoms with Gasteiger partial charge in [-0.1, -0.05) is 25.0 Å². The molecule has 1 aromatic heterocycles. The third-order valence-electron chi connectivity index (χ3n) is 4.27. The fourth-order valence-electron chi connectivity index (χ4n) is 2.91. The fourth-order valence-corrected chi connectivity index (χ4v) is 2.91. The lowest BCUT2D eigenvalue weighted by atomic mass is 9.92. The highest BCUT2D eigenvalue weighted by molar-refractivity contribution is 5.94. The average Bonchev–Trinajstić information content (AvgIpc) is 2.63. The van der Waals surface area contributed by atoms with E-state index in [1.54, 1.807) is 30.6 Å². The molecule has 2 N–H and O–H groups in total. The number of nitrogens with zero attached hydrogens (tertiary/aromatic N) is 1. The summed E-state index contributed by atoms with van der Waals surface area (Å²) in [7, 11) is 0. The zero-order chi connectivity index (χ0) is 16.8. The Morgan fingerprint density at radius 2 is 2.12 bits per heavy atom. The van der Waals surface area contributed by atoms with Gasteiger partial charge in [0, 0.05) is 23.5 Å². The van der Waals surface area contributed by atoms with Gasteiger partial charge in [-0.25, -0.2) is 0 Å². The Hall–Kier alpha value is -2.40. The van der Waals surface area contributed by atoms with E-state index in [1.807, 2.05) is 18.2 Å². The maximum absolute atomic E-state index is 12.4. The van der Waals surface area contributed by atoms with Crippen LogP contribution in [0.2, 0.25) is 0 Å². The van der Waals surface area contributed by atoms with E-state index < -0.39 is 6.10 Å². The SMILES string of the molecule is O=C(NC1CCCCC1O)c1cccc(OCc2cccnc2)c1. The maximum Gasteiger partial charge on any atom is 0.251 e. The van der Waals surface area contributed by atoms with Gasteiger partial charge in [0.1, 0.15) is 12.4 Å². The van der Waals surface area contributed by atoms with Crippen molar-refractivity contribution in [2.75, 3.05) is 0 Å². The van der Waals surface area contributed by atoms with Gasteiger partial charge in [0.15, 0.2) is 0 Å². The van der Waals surface area contributed by atoms with Crippen LogP contribution in [-0.4, -0.2) is 28.1 Å². The molecular weight excluding hydrogens is 304 g/mol. The van der Waals surface area contributed by atoms with Crippen LogP contribution >= 0.6 is 0 Å². The summed E-state index contributed by atoms with van der Waals surface area (Å²) in [6.07, 6.45) is 6.65. The first-order valence-electron chi connectivity index (χ1n) is 8.33. The summed E-state index contributed by atoms with van der Waals surface area (Å²) in [5.74, 6) is 0.462. The van der Waals surface area contributed by atoms with E-state index in [0.717, 1.165) is 31.2 Å². The van der Waals surface area contributed by atoms with E-state index in [-0.39, 0.29) is 11.9 Å². The van der Waals surface area contributed by atoms with Gasteiger partial charge in [-0.2, -0.15) is 0 Å². The van der Waals surface area contributed by atoms with Crippen LogP contribution in [0.15, 0.2) is 48.8 Å². The van der Waals surface area contributed by atoms with Crippen LogP contribution in [0.3, 0.4) is 0 Å². The van der Waals surface area contributed by atoms with Gasteiger partial charge in [0.25, 0.3) is 5.91 Å². The minimum atomic E-state index is -0.451. The predicted molar refractivity (Wildman–Crippen MR) is 90.7 cm³/mol. The number of benzene rings is 1. The number of aliphatic hydroxyl groups is 1. The molecule has 1 fully saturated rings. The lowest BCUT2D eigenvalue weighted by Crippen LogP contribution is -2.45. The molecule has 0 saturated heterocycles. The van der Waals surface area contributed by atoms with Crippen molar-refractivity contribution >= 4 is 5.91 Å². The van der Waals surface area contributed by atoms with Gasteiger partial charge in [-0.3, -0.25) is 9.78 Å². The Bertz CT molecular complexity index is 675. The molecule has 0 radical (unpaired) electrons. The summed E-state index contributed by atoms with van der Waals surface area (Å²) in [4.78, 5) is 16.4. The molecular formula is C19H22N2O3. The number of hydrogen-bond donors (Lipinski definition) is 2. The predicted octanol–water partition coefficient (Wildman–Crippen LogP) is 2.69. The monoisotopic (exact) mass is 326 g/mol. The number of rotatable bonds is 5. The van der Waals surface area contributed by atoms with Gasteiger partial charge in [-0.05, 0) is 37.1 Å². The highest BCUT2D eigenvalue weighted by Gasteiger charge is 2.24. The van der Waals surface area contributed by atoms with Crippen molar-refractivity contribution in [2.24, 2.45) is 0 Å². The first-order valence-corrected chi connectivity index (χ1v) is 8.33. The fraction of sp³-hybridized carbons (Fsp3) is 0.368. The van der Waals surface area contributed by atoms with Crippen molar-refractivity contribution < 1.29 is 14.6 Å². The molecule has 126 valence electrons. The first kappa shape index (κ1) is 16.5. The molecule has 2 unspecified atom stereocenters. The maximum atomic E-state index is 12.4. The molecule has 1 saturated carbocycles. The van der Waals surface area contributed by atoms with Crippen molar-refractivity contribution in [1.29, 1.82) is 0 Å². The molecule has 2 atom stereocenters. The third-order valence-corrected chi connectivity index (χ3v) is 4.27. The van der Waals surface area contributed by atoms with E-state index >= 15 is 0 Å². The number of carbonyl (C=O) groups is 1. The summed E-state index contributed by atoms with van der Waals surface area (Å²) < 4.78 is 5.72. The second-order valence-corrected chi connectivity index (χ2v) is 6.11. The molecule has 2 aromatic rings. The Morgan fingerprint density at radius 3 is 2.92 bits per heavy atom. The quantitative estimate of drug-likeness (QED) is 0.886. The van der Waals surface area contributed by atoms with Gasteiger partial charge in [-0.15, -0.1) is 0 Å². The smallest absolute Gasteiger partial charge is 0.251 e. The lowest BCUT2D eigenvalue weighted by molar-refractivity contribution is 0.0717. The topological polar surface area (TPSA) is 71.5 Å². The highest BCUT2D eigenvalue weighted by Crippen LogP contribution is 2.20. The van der Waals surface area contributed by atoms with Gasteiger partial charge >= 0.3 is 0 Å². The van der Waals surface area contributed by atoms with Crippen LogP contribution in [0.1, 0.15) is 41.6 Å². The molecule has 1 heterocycles. The van der Waals surface area contributed by atoms with Gasteiger partial charge < -0.3 is 15.2 Å². The number of carbonyl (C=O) groups excluding carboxylic acids is 1. The Balaban J connectivity index is 1.60. The largest absolute Gasteiger partial charge is 0.489 e. The molecule has 3 rings (SSSR count). The highest BCUT2D eigenvalue weighted by atomic mass is 16.5. The molecule has 0 bridgehead atoms. The molecule has 1 aliphatic rings. The van der Waals surface area contributed by atoms with Gasteiger partial charge in [0.05, 0.1) is 12.1 Å². The van der Waals surface area contributed by atoms with Crippen LogP contribution in [0.25, 0.3) is 0 Å². The van der Waals surface area contributed by atoms with Crippen LogP contribution in [-0.2, 0) is 6.61 Å². The minimum absolute atomic E-state index is 0.161. The van der Waals surface area contributed by atoms with Gasteiger partial charge in [0.2, 0.25) is 0 Å². The van der Waals surface area contributed by atoms with Crippen molar-refractivity contribution in [1.82, 2.24) is 10.3 Å². The van der Waals surface area contributed by atoms with E-state index in [1.165, 1.54) is 0 Å². The van der Waals surface area contributed by atoms with Crippen LogP contribution in [0, 0.1) is 0 Å². The summed E-state index contributed by atoms with van der Waals surface area (Å²) in [6, 6.07) is 10.7. The standard InChI is InChI=1S/C19H22N2O3/c22-18-9-2-1-8-17(18)21-19(23)15-6-3-7-16(11-15)24-13-14-5-4-10-20-12-14/h3-7,10-12,17-18,22H,1-2,8-9,13H2,(H,21,23). The minimum Gasteiger partial charge on any atom is -0.489 e. The van der Waals surface area contributed by atoms with E-state index in [2.05, 4.69) is 10.3 Å². The molecule has 1 amide bonds. The molecule has 5 nitrogen and oxygen atoms in total. The van der Waals surface area contributed by atoms with E-state index in [4.69, 9.17) is 4.74 Å². The molecule has 24 heavy (non-hydrogen) atoms. The Kier molecular flexibility index (Phi) is 5.43. The average molecular weight is 326 g/mol. The number of aliphatic hydroxyl groups excluding tert-OH is 1. The summed E-state index contributed by atoms with van der Waals surface area (Å²) >= 11 is 0. The zero-order valence-corrected chi connectivity index (χ0v) is 13.5. The molecule has 5 heteroatoms. The number of nitrogens with one attached hydrogen (secondary N) is 1. The van der Waals surface area contributed by atoms with Crippen LogP contribution < -0.4 is 10.1 Å². The molecule has 0 spiro atoms. The van der Waals surface area contributed by atoms with Crippen molar-refractivity contribution in [3.63, 3.8) is 0 Å². The van der Waals surface area contributed by atoms with Crippen LogP contribution in [0.4, 0.5) is 0 Å². The van der Waals surface area contributed by atoms with Crippen molar-refractivity contribution in [3.8, 4) is 5.75 Å². The number of aromatic nitrogens is 1. The van der Waals surface area contributed by atoms with E-state index in [9.17, 15) is 9.90 Å². The first-order chi connectivity index (χ1) is 11.7. The summed E-state index contributed by atoms with van der Waals surface area (Å²) in [5.41, 5.74) is 1.51. The zero-order valence-electron chi connectivity index (χ0n) is 13.5. The molecule has 1 aliphatic carbocycles. The number of pyridine rings is 1. The number of amides is 1. The third kappa shape index (κ3) is 4.32. The molecule has 0 aliphatic heterocycles. The normalized spacial score (nSPS) is 20.4. The van der Waals surface area contributed by atoms with E-state index in [0.29, 0.717) is 17.9 Å². The molecule has 1 aromatic carbocycles. The summed E-state index contributed by atoms with van der Waals surface area (Å²) in [6.45, 7) is 0.403. The summed E-state index contributed by atoms with van der Waals surface area (Å²) in [5, 5.41) is 12.9. The second kappa shape index (κ2) is 7.93. The number of ether oxygens (including phenoxy) is 1. The Labute approximate surface area is 141 Å². The number of hydrogen-bond acceptors (Lipinski definition) is 4. The Morgan fingerprint density at radius 1 is 1.25 bits per heavy atom.